The summed E-state index contributed by atoms with van der Waals surface area (Å²) in [6.07, 6.45) is 2.66. The molecule has 1 aliphatic carbocycles. The van der Waals surface area contributed by atoms with Crippen LogP contribution in [0.15, 0.2) is 22.7 Å². The van der Waals surface area contributed by atoms with Gasteiger partial charge in [-0.2, -0.15) is 12.1 Å². The summed E-state index contributed by atoms with van der Waals surface area (Å²) in [5.41, 5.74) is 13.9. The molecule has 0 radical (unpaired) electrons. The van der Waals surface area contributed by atoms with Gasteiger partial charge in [-0.05, 0) is 27.7 Å². The molecule has 4 atom stereocenters. The molecule has 0 aromatic carbocycles. The summed E-state index contributed by atoms with van der Waals surface area (Å²) in [4.78, 5) is 42.8. The van der Waals surface area contributed by atoms with Crippen molar-refractivity contribution in [3.63, 3.8) is 0 Å². The summed E-state index contributed by atoms with van der Waals surface area (Å²) >= 11 is 0. The first-order valence-electron chi connectivity index (χ1n) is 9.56. The Kier molecular flexibility index (Phi) is 11.9. The van der Waals surface area contributed by atoms with Crippen LogP contribution < -0.4 is 10.2 Å². The Balaban J connectivity index is 0.000000434. The number of esters is 2. The summed E-state index contributed by atoms with van der Waals surface area (Å²) in [7, 11) is 0. The zero-order chi connectivity index (χ0) is 23.2. The summed E-state index contributed by atoms with van der Waals surface area (Å²) < 4.78 is 9.00. The van der Waals surface area contributed by atoms with Crippen LogP contribution in [0.1, 0.15) is 53.4 Å². The van der Waals surface area contributed by atoms with Crippen molar-refractivity contribution in [1.82, 2.24) is 0 Å². The predicted octanol–water partition coefficient (Wildman–Crippen LogP) is 0.670. The van der Waals surface area contributed by atoms with E-state index in [0.717, 1.165) is 12.8 Å². The van der Waals surface area contributed by atoms with E-state index in [2.05, 4.69) is 9.47 Å². The number of cyclic esters (lactones) is 2. The average molecular weight is 618 g/mol. The molecular formula is C20H26N2O8Pt. The van der Waals surface area contributed by atoms with Gasteiger partial charge in [-0.1, -0.05) is 37.2 Å². The SMILES string of the molecule is CC(=O)C1=C([O-])C(C)OC1=O.CC(=O)C1=C([O-])C(C)OC1=O.[NH-]C1CCCC[C@H]1[NH-].[Pt+4]. The first kappa shape index (κ1) is 29.0. The van der Waals surface area contributed by atoms with Crippen LogP contribution in [0.3, 0.4) is 0 Å². The molecular weight excluding hydrogens is 591 g/mol. The number of carbonyl (C=O) groups is 4. The third kappa shape index (κ3) is 7.87. The van der Waals surface area contributed by atoms with Crippen molar-refractivity contribution in [2.24, 2.45) is 0 Å². The molecule has 3 aliphatic rings. The number of rotatable bonds is 2. The predicted molar refractivity (Wildman–Crippen MR) is 101 cm³/mol. The molecule has 0 spiro atoms. The molecule has 2 heterocycles. The second kappa shape index (κ2) is 12.7. The monoisotopic (exact) mass is 617 g/mol. The maximum Gasteiger partial charge on any atom is 4.00 e. The zero-order valence-corrected chi connectivity index (χ0v) is 20.0. The van der Waals surface area contributed by atoms with Gasteiger partial charge >= 0.3 is 33.0 Å². The summed E-state index contributed by atoms with van der Waals surface area (Å²) in [6.45, 7) is 5.23. The van der Waals surface area contributed by atoms with Crippen molar-refractivity contribution in [2.75, 3.05) is 0 Å². The number of nitrogens with one attached hydrogen (secondary N) is 2. The summed E-state index contributed by atoms with van der Waals surface area (Å²) in [6, 6.07) is -0.160. The van der Waals surface area contributed by atoms with Crippen LogP contribution in [0.25, 0.3) is 11.5 Å². The first-order valence-corrected chi connectivity index (χ1v) is 9.56. The topological polar surface area (TPSA) is 180 Å². The van der Waals surface area contributed by atoms with Crippen molar-refractivity contribution in [3.8, 4) is 0 Å². The molecule has 31 heavy (non-hydrogen) atoms. The Morgan fingerprint density at radius 1 is 0.806 bits per heavy atom. The molecule has 1 fully saturated rings. The molecule has 0 aromatic rings. The smallest absolute Gasteiger partial charge is 0.872 e. The van der Waals surface area contributed by atoms with E-state index in [1.807, 2.05) is 0 Å². The number of ether oxygens (including phenoxy) is 2. The van der Waals surface area contributed by atoms with Crippen molar-refractivity contribution in [1.29, 1.82) is 0 Å². The molecule has 0 bridgehead atoms. The Morgan fingerprint density at radius 2 is 1.10 bits per heavy atom. The maximum atomic E-state index is 11.0. The third-order valence-electron chi connectivity index (χ3n) is 4.68. The van der Waals surface area contributed by atoms with Crippen LogP contribution in [0.2, 0.25) is 0 Å². The Morgan fingerprint density at radius 3 is 1.23 bits per heavy atom. The molecule has 2 N–H and O–H groups in total. The molecule has 10 nitrogen and oxygen atoms in total. The molecule has 174 valence electrons. The standard InChI is InChI=1S/2C7H8O4.C6H12N2.Pt/c2*1-3(8)5-6(9)4(2)11-7(5)10;7-5-3-1-2-4-6(5)8;/h2*4,9H,1-2H3;5-8H,1-4H2;/q;;-2;+4/p-2/t;;5-,6?;/m..1./s1. The van der Waals surface area contributed by atoms with E-state index in [9.17, 15) is 29.4 Å². The van der Waals surface area contributed by atoms with E-state index in [0.29, 0.717) is 0 Å². The molecule has 3 rings (SSSR count). The molecule has 0 saturated heterocycles. The van der Waals surface area contributed by atoms with Gasteiger partial charge in [0, 0.05) is 0 Å². The summed E-state index contributed by atoms with van der Waals surface area (Å²) in [5, 5.41) is 21.9. The van der Waals surface area contributed by atoms with Gasteiger partial charge in [-0.3, -0.25) is 9.59 Å². The van der Waals surface area contributed by atoms with Gasteiger partial charge in [0.2, 0.25) is 0 Å². The first-order chi connectivity index (χ1) is 13.9. The fourth-order valence-corrected chi connectivity index (χ4v) is 2.92. The van der Waals surface area contributed by atoms with E-state index in [4.69, 9.17) is 11.5 Å². The van der Waals surface area contributed by atoms with Gasteiger partial charge in [-0.25, -0.2) is 9.59 Å². The van der Waals surface area contributed by atoms with Gasteiger partial charge in [0.25, 0.3) is 0 Å². The van der Waals surface area contributed by atoms with Crippen molar-refractivity contribution < 1.29 is 59.9 Å². The Bertz CT molecular complexity index is 713. The van der Waals surface area contributed by atoms with Gasteiger partial charge in [0.15, 0.2) is 11.6 Å². The van der Waals surface area contributed by atoms with Gasteiger partial charge < -0.3 is 31.2 Å². The average Bonchev–Trinajstić information content (AvgIpc) is 3.05. The van der Waals surface area contributed by atoms with Crippen LogP contribution in [-0.4, -0.2) is 47.8 Å². The van der Waals surface area contributed by atoms with Crippen molar-refractivity contribution in [2.45, 2.75) is 77.7 Å². The quantitative estimate of drug-likeness (QED) is 0.320. The molecule has 0 aromatic heterocycles. The largest absolute Gasteiger partial charge is 4.00 e. The number of Topliss-reactive ketones (excluding diaryl/α,β-unsaturated/α-hetero) is 2. The molecule has 1 saturated carbocycles. The van der Waals surface area contributed by atoms with Crippen LogP contribution in [-0.2, 0) is 49.7 Å². The van der Waals surface area contributed by atoms with Gasteiger partial charge in [0.1, 0.15) is 12.2 Å². The zero-order valence-electron chi connectivity index (χ0n) is 17.7. The number of hydrogen-bond acceptors (Lipinski definition) is 8. The van der Waals surface area contributed by atoms with E-state index >= 15 is 0 Å². The fourth-order valence-electron chi connectivity index (χ4n) is 2.92. The second-order valence-electron chi connectivity index (χ2n) is 7.18. The van der Waals surface area contributed by atoms with E-state index < -0.39 is 47.2 Å². The normalized spacial score (nSPS) is 27.2. The van der Waals surface area contributed by atoms with E-state index in [1.165, 1.54) is 40.5 Å². The number of ketones is 2. The van der Waals surface area contributed by atoms with Crippen molar-refractivity contribution in [3.05, 3.63) is 34.1 Å². The van der Waals surface area contributed by atoms with Gasteiger partial charge in [-0.15, -0.1) is 0 Å². The minimum atomic E-state index is -0.796. The van der Waals surface area contributed by atoms with E-state index in [-0.39, 0.29) is 44.3 Å². The molecule has 0 amide bonds. The van der Waals surface area contributed by atoms with Crippen LogP contribution in [0.4, 0.5) is 0 Å². The maximum absolute atomic E-state index is 11.0. The molecule has 11 heteroatoms. The molecule has 3 unspecified atom stereocenters. The van der Waals surface area contributed by atoms with E-state index in [1.54, 1.807) is 0 Å². The minimum Gasteiger partial charge on any atom is -0.872 e. The third-order valence-corrected chi connectivity index (χ3v) is 4.68. The molecule has 2 aliphatic heterocycles. The van der Waals surface area contributed by atoms with Gasteiger partial charge in [0.05, 0.1) is 11.1 Å². The second-order valence-corrected chi connectivity index (χ2v) is 7.18. The Hall–Kier alpha value is -2.03. The van der Waals surface area contributed by atoms with Crippen LogP contribution in [0, 0.1) is 0 Å². The van der Waals surface area contributed by atoms with Crippen LogP contribution in [0.5, 0.6) is 0 Å². The van der Waals surface area contributed by atoms with Crippen LogP contribution >= 0.6 is 0 Å². The minimum absolute atomic E-state index is 0. The number of hydrogen-bond donors (Lipinski definition) is 0. The Labute approximate surface area is 195 Å². The van der Waals surface area contributed by atoms with Crippen molar-refractivity contribution >= 4 is 23.5 Å². The summed E-state index contributed by atoms with van der Waals surface area (Å²) in [5.74, 6) is -3.66. The fraction of sp³-hybridized carbons (Fsp3) is 0.600. The number of carbonyl (C=O) groups excluding carboxylic acids is 4.